The quantitative estimate of drug-likeness (QED) is 0.223. The number of likely N-dealkylation sites (tertiary alicyclic amines) is 1. The summed E-state index contributed by atoms with van der Waals surface area (Å²) in [6.07, 6.45) is 1.70. The topological polar surface area (TPSA) is 94.9 Å². The Morgan fingerprint density at radius 2 is 1.61 bits per heavy atom. The number of rotatable bonds is 8. The number of ketones is 1. The molecule has 1 aliphatic heterocycles. The third-order valence-corrected chi connectivity index (χ3v) is 5.91. The highest BCUT2D eigenvalue weighted by molar-refractivity contribution is 9.10. The minimum Gasteiger partial charge on any atom is -0.507 e. The van der Waals surface area contributed by atoms with Crippen LogP contribution in [0.2, 0.25) is 5.02 Å². The molecule has 1 heterocycles. The number of amides is 1. The summed E-state index contributed by atoms with van der Waals surface area (Å²) in [7, 11) is 0. The Kier molecular flexibility index (Phi) is 7.51. The second-order valence-corrected chi connectivity index (χ2v) is 8.61. The number of carboxylic acids is 1. The van der Waals surface area contributed by atoms with E-state index in [9.17, 15) is 19.5 Å². The van der Waals surface area contributed by atoms with E-state index < -0.39 is 23.7 Å². The van der Waals surface area contributed by atoms with Gasteiger partial charge in [-0.2, -0.15) is 0 Å². The molecule has 6 nitrogen and oxygen atoms in total. The molecule has 0 aliphatic carbocycles. The van der Waals surface area contributed by atoms with Crippen molar-refractivity contribution in [1.29, 1.82) is 0 Å². The number of benzene rings is 2. The van der Waals surface area contributed by atoms with Gasteiger partial charge < -0.3 is 15.1 Å². The van der Waals surface area contributed by atoms with E-state index in [1.165, 1.54) is 4.90 Å². The first-order chi connectivity index (χ1) is 14.8. The van der Waals surface area contributed by atoms with Crippen molar-refractivity contribution >= 4 is 50.9 Å². The first kappa shape index (κ1) is 23.0. The summed E-state index contributed by atoms with van der Waals surface area (Å²) < 4.78 is 0.820. The van der Waals surface area contributed by atoms with Crippen LogP contribution in [-0.4, -0.2) is 39.3 Å². The number of nitrogens with zero attached hydrogens (tertiary/aromatic N) is 1. The molecule has 1 fully saturated rings. The highest BCUT2D eigenvalue weighted by Crippen LogP contribution is 2.40. The zero-order valence-corrected chi connectivity index (χ0v) is 18.9. The molecule has 2 aromatic carbocycles. The third kappa shape index (κ3) is 5.35. The number of carbonyl (C=O) groups is 3. The monoisotopic (exact) mass is 505 g/mol. The SMILES string of the molecule is O=C(O)CCCCCN1C(=O)C(=O)C(=C(O)c2ccc(Br)cc2)C1c1ccc(Cl)cc1. The molecule has 1 atom stereocenters. The molecule has 0 aromatic heterocycles. The molecule has 31 heavy (non-hydrogen) atoms. The van der Waals surface area contributed by atoms with Gasteiger partial charge in [0.1, 0.15) is 5.76 Å². The van der Waals surface area contributed by atoms with Crippen molar-refractivity contribution in [3.05, 3.63) is 74.7 Å². The summed E-state index contributed by atoms with van der Waals surface area (Å²) in [6.45, 7) is 0.272. The summed E-state index contributed by atoms with van der Waals surface area (Å²) in [5.41, 5.74) is 1.12. The molecule has 1 saturated heterocycles. The molecule has 3 rings (SSSR count). The van der Waals surface area contributed by atoms with Crippen LogP contribution in [0.25, 0.3) is 5.76 Å². The van der Waals surface area contributed by atoms with Crippen LogP contribution in [0.15, 0.2) is 58.6 Å². The normalized spacial score (nSPS) is 17.9. The van der Waals surface area contributed by atoms with Crippen LogP contribution in [0.5, 0.6) is 0 Å². The number of aliphatic hydroxyl groups excluding tert-OH is 1. The number of aliphatic carboxylic acids is 1. The highest BCUT2D eigenvalue weighted by atomic mass is 79.9. The van der Waals surface area contributed by atoms with E-state index in [4.69, 9.17) is 16.7 Å². The van der Waals surface area contributed by atoms with Crippen molar-refractivity contribution in [3.8, 4) is 0 Å². The number of unbranched alkanes of at least 4 members (excludes halogenated alkanes) is 2. The number of carbonyl (C=O) groups excluding carboxylic acids is 2. The van der Waals surface area contributed by atoms with Crippen LogP contribution in [0.1, 0.15) is 42.9 Å². The lowest BCUT2D eigenvalue weighted by Gasteiger charge is -2.25. The number of Topliss-reactive ketones (excluding diaryl/α,β-unsaturated/α-hetero) is 1. The molecule has 0 bridgehead atoms. The van der Waals surface area contributed by atoms with Crippen LogP contribution < -0.4 is 0 Å². The molecular formula is C23H21BrClNO5. The Balaban J connectivity index is 1.96. The van der Waals surface area contributed by atoms with Crippen LogP contribution in [0, 0.1) is 0 Å². The summed E-state index contributed by atoms with van der Waals surface area (Å²) in [4.78, 5) is 37.9. The van der Waals surface area contributed by atoms with Crippen LogP contribution in [0.3, 0.4) is 0 Å². The molecular weight excluding hydrogens is 486 g/mol. The average molecular weight is 507 g/mol. The van der Waals surface area contributed by atoms with Crippen LogP contribution in [0.4, 0.5) is 0 Å². The third-order valence-electron chi connectivity index (χ3n) is 5.13. The van der Waals surface area contributed by atoms with Gasteiger partial charge in [-0.3, -0.25) is 14.4 Å². The molecule has 8 heteroatoms. The average Bonchev–Trinajstić information content (AvgIpc) is 2.99. The Hall–Kier alpha value is -2.64. The Morgan fingerprint density at radius 1 is 0.968 bits per heavy atom. The largest absolute Gasteiger partial charge is 0.507 e. The van der Waals surface area contributed by atoms with Crippen molar-refractivity contribution < 1.29 is 24.6 Å². The molecule has 1 amide bonds. The van der Waals surface area contributed by atoms with E-state index in [2.05, 4.69) is 15.9 Å². The second kappa shape index (κ2) is 10.1. The summed E-state index contributed by atoms with van der Waals surface area (Å²) in [5.74, 6) is -2.53. The van der Waals surface area contributed by atoms with Crippen molar-refractivity contribution in [2.24, 2.45) is 0 Å². The summed E-state index contributed by atoms with van der Waals surface area (Å²) in [5, 5.41) is 20.2. The smallest absolute Gasteiger partial charge is 0.303 e. The Bertz CT molecular complexity index is 1020. The van der Waals surface area contributed by atoms with Crippen molar-refractivity contribution in [3.63, 3.8) is 0 Å². The standard InChI is InChI=1S/C23H21BrClNO5/c24-16-9-5-15(6-10-16)21(29)19-20(14-7-11-17(25)12-8-14)26(23(31)22(19)30)13-3-1-2-4-18(27)28/h5-12,20,29H,1-4,13H2,(H,27,28). The van der Waals surface area contributed by atoms with Gasteiger partial charge in [0.15, 0.2) is 0 Å². The number of hydrogen-bond acceptors (Lipinski definition) is 4. The lowest BCUT2D eigenvalue weighted by molar-refractivity contribution is -0.140. The van der Waals surface area contributed by atoms with Gasteiger partial charge in [-0.05, 0) is 42.7 Å². The Morgan fingerprint density at radius 3 is 2.23 bits per heavy atom. The predicted molar refractivity (Wildman–Crippen MR) is 121 cm³/mol. The molecule has 2 aromatic rings. The zero-order chi connectivity index (χ0) is 22.5. The predicted octanol–water partition coefficient (Wildman–Crippen LogP) is 5.17. The van der Waals surface area contributed by atoms with Gasteiger partial charge >= 0.3 is 5.97 Å². The highest BCUT2D eigenvalue weighted by Gasteiger charge is 2.45. The van der Waals surface area contributed by atoms with Gasteiger partial charge in [-0.25, -0.2) is 0 Å². The van der Waals surface area contributed by atoms with E-state index in [1.54, 1.807) is 48.5 Å². The van der Waals surface area contributed by atoms with Crippen LogP contribution >= 0.6 is 27.5 Å². The number of aliphatic hydroxyl groups is 1. The molecule has 1 unspecified atom stereocenters. The lowest BCUT2D eigenvalue weighted by atomic mass is 9.95. The van der Waals surface area contributed by atoms with E-state index in [0.29, 0.717) is 35.4 Å². The molecule has 0 spiro atoms. The molecule has 162 valence electrons. The maximum absolute atomic E-state index is 12.9. The fourth-order valence-electron chi connectivity index (χ4n) is 3.60. The number of halogens is 2. The fourth-order valence-corrected chi connectivity index (χ4v) is 3.99. The molecule has 1 aliphatic rings. The van der Waals surface area contributed by atoms with Gasteiger partial charge in [0.05, 0.1) is 11.6 Å². The maximum Gasteiger partial charge on any atom is 0.303 e. The summed E-state index contributed by atoms with van der Waals surface area (Å²) >= 11 is 9.34. The first-order valence-electron chi connectivity index (χ1n) is 9.81. The zero-order valence-electron chi connectivity index (χ0n) is 16.6. The van der Waals surface area contributed by atoms with E-state index in [0.717, 1.165) is 4.47 Å². The van der Waals surface area contributed by atoms with Gasteiger partial charge in [0.2, 0.25) is 0 Å². The van der Waals surface area contributed by atoms with Crippen molar-refractivity contribution in [2.75, 3.05) is 6.54 Å². The summed E-state index contributed by atoms with van der Waals surface area (Å²) in [6, 6.07) is 12.9. The van der Waals surface area contributed by atoms with Gasteiger partial charge in [0.25, 0.3) is 11.7 Å². The van der Waals surface area contributed by atoms with E-state index in [1.807, 2.05) is 0 Å². The van der Waals surface area contributed by atoms with Crippen molar-refractivity contribution in [2.45, 2.75) is 31.7 Å². The molecule has 2 N–H and O–H groups in total. The van der Waals surface area contributed by atoms with E-state index in [-0.39, 0.29) is 24.3 Å². The van der Waals surface area contributed by atoms with Gasteiger partial charge in [-0.15, -0.1) is 0 Å². The minimum atomic E-state index is -0.865. The van der Waals surface area contributed by atoms with Crippen molar-refractivity contribution in [1.82, 2.24) is 4.90 Å². The number of carboxylic acid groups (broad SMARTS) is 1. The Labute approximate surface area is 193 Å². The number of hydrogen-bond donors (Lipinski definition) is 2. The van der Waals surface area contributed by atoms with Crippen LogP contribution in [-0.2, 0) is 14.4 Å². The second-order valence-electron chi connectivity index (χ2n) is 7.26. The minimum absolute atomic E-state index is 0.0279. The fraction of sp³-hybridized carbons (Fsp3) is 0.261. The lowest BCUT2D eigenvalue weighted by Crippen LogP contribution is -2.30. The van der Waals surface area contributed by atoms with Gasteiger partial charge in [0, 0.05) is 28.0 Å². The molecule has 0 radical (unpaired) electrons. The first-order valence-corrected chi connectivity index (χ1v) is 11.0. The van der Waals surface area contributed by atoms with E-state index >= 15 is 0 Å². The maximum atomic E-state index is 12.9. The molecule has 0 saturated carbocycles. The van der Waals surface area contributed by atoms with Gasteiger partial charge in [-0.1, -0.05) is 58.2 Å².